The summed E-state index contributed by atoms with van der Waals surface area (Å²) in [4.78, 5) is 27.9. The molecule has 0 fully saturated rings. The molecule has 0 saturated heterocycles. The normalized spacial score (nSPS) is 13.0. The number of sulfonamides is 1. The summed E-state index contributed by atoms with van der Waals surface area (Å²) < 4.78 is 31.5. The number of benzene rings is 2. The van der Waals surface area contributed by atoms with Crippen molar-refractivity contribution >= 4 is 27.5 Å². The maximum atomic E-state index is 13.5. The third kappa shape index (κ3) is 7.99. The van der Waals surface area contributed by atoms with Crippen molar-refractivity contribution in [2.75, 3.05) is 24.2 Å². The van der Waals surface area contributed by atoms with Gasteiger partial charge in [-0.2, -0.15) is 0 Å². The summed E-state index contributed by atoms with van der Waals surface area (Å²) in [6.45, 7) is 7.25. The number of ether oxygens (including phenoxy) is 1. The van der Waals surface area contributed by atoms with Gasteiger partial charge in [-0.15, -0.1) is 0 Å². The summed E-state index contributed by atoms with van der Waals surface area (Å²) in [5, 5.41) is 2.91. The molecule has 0 aromatic heterocycles. The first kappa shape index (κ1) is 28.2. The highest BCUT2D eigenvalue weighted by molar-refractivity contribution is 7.92. The van der Waals surface area contributed by atoms with Crippen LogP contribution in [0.4, 0.5) is 5.69 Å². The van der Waals surface area contributed by atoms with Crippen LogP contribution in [0.5, 0.6) is 5.75 Å². The number of carbonyl (C=O) groups excluding carboxylic acids is 2. The molecule has 0 bridgehead atoms. The molecule has 8 nitrogen and oxygen atoms in total. The van der Waals surface area contributed by atoms with Gasteiger partial charge >= 0.3 is 0 Å². The minimum atomic E-state index is -3.75. The zero-order valence-corrected chi connectivity index (χ0v) is 22.3. The van der Waals surface area contributed by atoms with Crippen molar-refractivity contribution in [3.63, 3.8) is 0 Å². The number of amides is 2. The average Bonchev–Trinajstić information content (AvgIpc) is 2.84. The number of methoxy groups -OCH3 is 1. The van der Waals surface area contributed by atoms with Crippen molar-refractivity contribution in [1.82, 2.24) is 10.2 Å². The Balaban J connectivity index is 2.37. The Morgan fingerprint density at radius 2 is 1.54 bits per heavy atom. The van der Waals surface area contributed by atoms with Crippen LogP contribution >= 0.6 is 0 Å². The molecule has 192 valence electrons. The molecule has 0 radical (unpaired) electrons. The number of carbonyl (C=O) groups is 2. The fourth-order valence-corrected chi connectivity index (χ4v) is 4.34. The average molecular weight is 504 g/mol. The number of hydrogen-bond acceptors (Lipinski definition) is 5. The van der Waals surface area contributed by atoms with Crippen molar-refractivity contribution < 1.29 is 22.7 Å². The lowest BCUT2D eigenvalue weighted by Gasteiger charge is -2.32. The number of rotatable bonds is 12. The summed E-state index contributed by atoms with van der Waals surface area (Å²) in [5.74, 6) is -0.0926. The predicted octanol–water partition coefficient (Wildman–Crippen LogP) is 3.36. The molecule has 0 heterocycles. The smallest absolute Gasteiger partial charge is 0.244 e. The van der Waals surface area contributed by atoms with E-state index in [4.69, 9.17) is 4.74 Å². The molecule has 9 heteroatoms. The molecule has 0 aliphatic carbocycles. The van der Waals surface area contributed by atoms with Gasteiger partial charge in [0, 0.05) is 12.6 Å². The first-order valence-corrected chi connectivity index (χ1v) is 13.6. The summed E-state index contributed by atoms with van der Waals surface area (Å²) in [6, 6.07) is 13.4. The lowest BCUT2D eigenvalue weighted by atomic mass is 10.1. The van der Waals surface area contributed by atoms with E-state index in [9.17, 15) is 18.0 Å². The molecule has 0 aliphatic heterocycles. The first-order chi connectivity index (χ1) is 16.5. The second-order valence-corrected chi connectivity index (χ2v) is 10.6. The second-order valence-electron chi connectivity index (χ2n) is 8.65. The third-order valence-electron chi connectivity index (χ3n) is 5.99. The van der Waals surface area contributed by atoms with Gasteiger partial charge in [0.2, 0.25) is 21.8 Å². The van der Waals surface area contributed by atoms with Gasteiger partial charge in [0.1, 0.15) is 18.3 Å². The third-order valence-corrected chi connectivity index (χ3v) is 7.13. The van der Waals surface area contributed by atoms with E-state index in [1.165, 1.54) is 4.90 Å². The Kier molecular flexibility index (Phi) is 10.1. The highest BCUT2D eigenvalue weighted by Gasteiger charge is 2.30. The molecule has 2 atom stereocenters. The minimum absolute atomic E-state index is 0.0486. The summed E-state index contributed by atoms with van der Waals surface area (Å²) in [7, 11) is -2.18. The van der Waals surface area contributed by atoms with Crippen LogP contribution in [0.3, 0.4) is 0 Å². The number of nitrogens with one attached hydrogen (secondary N) is 1. The molecular weight excluding hydrogens is 466 g/mol. The van der Waals surface area contributed by atoms with Crippen LogP contribution in [0.15, 0.2) is 48.5 Å². The molecule has 2 rings (SSSR count). The molecule has 2 aromatic carbocycles. The van der Waals surface area contributed by atoms with Crippen molar-refractivity contribution in [3.05, 3.63) is 59.7 Å². The standard InChI is InChI=1S/C26H37N3O5S/c1-7-19(3)27-26(31)20(4)28(17-22-11-15-24(34-5)16-12-22)25(30)18-29(35(6,32)33)23-13-9-21(8-2)10-14-23/h9-16,19-20H,7-8,17-18H2,1-6H3,(H,27,31)/t19-,20-/m1/s1. The van der Waals surface area contributed by atoms with Crippen LogP contribution in [0, 0.1) is 0 Å². The zero-order valence-electron chi connectivity index (χ0n) is 21.4. The van der Waals surface area contributed by atoms with E-state index < -0.39 is 28.5 Å². The van der Waals surface area contributed by atoms with Gasteiger partial charge < -0.3 is 15.0 Å². The number of anilines is 1. The molecule has 2 amide bonds. The molecular formula is C26H37N3O5S. The Morgan fingerprint density at radius 1 is 0.971 bits per heavy atom. The Morgan fingerprint density at radius 3 is 2.03 bits per heavy atom. The van der Waals surface area contributed by atoms with Gasteiger partial charge in [0.25, 0.3) is 0 Å². The zero-order chi connectivity index (χ0) is 26.2. The monoisotopic (exact) mass is 503 g/mol. The van der Waals surface area contributed by atoms with E-state index in [1.54, 1.807) is 38.3 Å². The SMILES string of the molecule is CCc1ccc(N(CC(=O)N(Cc2ccc(OC)cc2)[C@H](C)C(=O)N[C@H](C)CC)S(C)(=O)=O)cc1. The Labute approximate surface area is 209 Å². The molecule has 0 aliphatic rings. The molecule has 0 spiro atoms. The van der Waals surface area contributed by atoms with Crippen LogP contribution in [0.25, 0.3) is 0 Å². The van der Waals surface area contributed by atoms with Crippen molar-refractivity contribution in [2.24, 2.45) is 0 Å². The van der Waals surface area contributed by atoms with Crippen LogP contribution in [0.1, 0.15) is 45.2 Å². The van der Waals surface area contributed by atoms with Crippen molar-refractivity contribution in [3.8, 4) is 5.75 Å². The van der Waals surface area contributed by atoms with E-state index in [1.807, 2.05) is 45.0 Å². The molecule has 1 N–H and O–H groups in total. The quantitative estimate of drug-likeness (QED) is 0.479. The second kappa shape index (κ2) is 12.6. The number of hydrogen-bond donors (Lipinski definition) is 1. The van der Waals surface area contributed by atoms with Crippen molar-refractivity contribution in [2.45, 2.75) is 59.2 Å². The van der Waals surface area contributed by atoms with Crippen molar-refractivity contribution in [1.29, 1.82) is 0 Å². The highest BCUT2D eigenvalue weighted by Crippen LogP contribution is 2.21. The van der Waals surface area contributed by atoms with Gasteiger partial charge in [0.15, 0.2) is 0 Å². The fourth-order valence-electron chi connectivity index (χ4n) is 3.49. The van der Waals surface area contributed by atoms with Gasteiger partial charge in [-0.3, -0.25) is 13.9 Å². The van der Waals surface area contributed by atoms with E-state index in [-0.39, 0.29) is 18.5 Å². The minimum Gasteiger partial charge on any atom is -0.497 e. The van der Waals surface area contributed by atoms with Crippen LogP contribution < -0.4 is 14.4 Å². The molecule has 0 saturated carbocycles. The Hall–Kier alpha value is -3.07. The van der Waals surface area contributed by atoms with Gasteiger partial charge in [0.05, 0.1) is 19.1 Å². The molecule has 0 unspecified atom stereocenters. The lowest BCUT2D eigenvalue weighted by molar-refractivity contribution is -0.139. The van der Waals surface area contributed by atoms with E-state index in [0.717, 1.165) is 34.5 Å². The van der Waals surface area contributed by atoms with E-state index in [0.29, 0.717) is 11.4 Å². The first-order valence-electron chi connectivity index (χ1n) is 11.8. The van der Waals surface area contributed by atoms with E-state index >= 15 is 0 Å². The van der Waals surface area contributed by atoms with Crippen LogP contribution in [-0.4, -0.2) is 57.1 Å². The largest absolute Gasteiger partial charge is 0.497 e. The molecule has 2 aromatic rings. The maximum Gasteiger partial charge on any atom is 0.244 e. The fraction of sp³-hybridized carbons (Fsp3) is 0.462. The summed E-state index contributed by atoms with van der Waals surface area (Å²) in [6.07, 6.45) is 2.64. The predicted molar refractivity (Wildman–Crippen MR) is 139 cm³/mol. The molecule has 35 heavy (non-hydrogen) atoms. The van der Waals surface area contributed by atoms with E-state index in [2.05, 4.69) is 5.32 Å². The highest BCUT2D eigenvalue weighted by atomic mass is 32.2. The van der Waals surface area contributed by atoms with Gasteiger partial charge in [-0.25, -0.2) is 8.42 Å². The van der Waals surface area contributed by atoms with Crippen LogP contribution in [0.2, 0.25) is 0 Å². The topological polar surface area (TPSA) is 96.0 Å². The summed E-state index contributed by atoms with van der Waals surface area (Å²) >= 11 is 0. The number of aryl methyl sites for hydroxylation is 1. The van der Waals surface area contributed by atoms with Gasteiger partial charge in [-0.05, 0) is 62.1 Å². The summed E-state index contributed by atoms with van der Waals surface area (Å²) in [5.41, 5.74) is 2.25. The maximum absolute atomic E-state index is 13.5. The lowest BCUT2D eigenvalue weighted by Crippen LogP contribution is -2.52. The van der Waals surface area contributed by atoms with Crippen LogP contribution in [-0.2, 0) is 32.6 Å². The Bertz CT molecular complexity index is 1080. The van der Waals surface area contributed by atoms with Gasteiger partial charge in [-0.1, -0.05) is 38.1 Å². The number of nitrogens with zero attached hydrogens (tertiary/aromatic N) is 2.